The molecule has 5 heteroatoms. The van der Waals surface area contributed by atoms with Crippen molar-refractivity contribution in [3.63, 3.8) is 0 Å². The van der Waals surface area contributed by atoms with Gasteiger partial charge in [-0.05, 0) is 12.1 Å². The third-order valence-electron chi connectivity index (χ3n) is 1.37. The molecule has 13 heavy (non-hydrogen) atoms. The summed E-state index contributed by atoms with van der Waals surface area (Å²) >= 11 is 3.21. The molecule has 0 aliphatic rings. The Labute approximate surface area is 84.0 Å². The van der Waals surface area contributed by atoms with E-state index in [1.165, 1.54) is 0 Å². The molecule has 0 aromatic carbocycles. The molecule has 0 saturated carbocycles. The quantitative estimate of drug-likeness (QED) is 0.824. The molecule has 0 unspecified atom stereocenters. The highest BCUT2D eigenvalue weighted by molar-refractivity contribution is 8.01. The van der Waals surface area contributed by atoms with Crippen molar-refractivity contribution in [2.75, 3.05) is 5.73 Å². The third-order valence-corrected chi connectivity index (χ3v) is 3.23. The van der Waals surface area contributed by atoms with Gasteiger partial charge in [-0.1, -0.05) is 11.8 Å². The Bertz CT molecular complexity index is 369. The van der Waals surface area contributed by atoms with E-state index < -0.39 is 0 Å². The van der Waals surface area contributed by atoms with Crippen molar-refractivity contribution in [2.24, 2.45) is 0 Å². The second-order valence-electron chi connectivity index (χ2n) is 2.32. The average Bonchev–Trinajstić information content (AvgIpc) is 2.62. The number of rotatable bonds is 2. The van der Waals surface area contributed by atoms with E-state index in [-0.39, 0.29) is 0 Å². The third kappa shape index (κ3) is 2.19. The molecule has 3 nitrogen and oxygen atoms in total. The highest BCUT2D eigenvalue weighted by Crippen LogP contribution is 2.28. The van der Waals surface area contributed by atoms with Crippen molar-refractivity contribution < 1.29 is 0 Å². The van der Waals surface area contributed by atoms with E-state index in [9.17, 15) is 0 Å². The number of aromatic nitrogens is 2. The van der Waals surface area contributed by atoms with Crippen LogP contribution in [0.25, 0.3) is 0 Å². The van der Waals surface area contributed by atoms with E-state index in [1.807, 2.05) is 11.4 Å². The van der Waals surface area contributed by atoms with Crippen LogP contribution in [0.1, 0.15) is 0 Å². The summed E-state index contributed by atoms with van der Waals surface area (Å²) in [4.78, 5) is 9.21. The fraction of sp³-hybridized carbons (Fsp3) is 0. The van der Waals surface area contributed by atoms with Crippen molar-refractivity contribution in [1.29, 1.82) is 0 Å². The highest BCUT2D eigenvalue weighted by atomic mass is 32.2. The van der Waals surface area contributed by atoms with E-state index in [0.717, 1.165) is 9.24 Å². The van der Waals surface area contributed by atoms with Gasteiger partial charge < -0.3 is 5.73 Å². The molecule has 0 spiro atoms. The van der Waals surface area contributed by atoms with Gasteiger partial charge in [0, 0.05) is 22.7 Å². The summed E-state index contributed by atoms with van der Waals surface area (Å²) in [6.45, 7) is 0. The van der Waals surface area contributed by atoms with E-state index in [4.69, 9.17) is 5.73 Å². The molecule has 0 radical (unpaired) electrons. The van der Waals surface area contributed by atoms with Crippen molar-refractivity contribution >= 4 is 28.9 Å². The minimum Gasteiger partial charge on any atom is -0.384 e. The number of anilines is 1. The fourth-order valence-electron chi connectivity index (χ4n) is 0.814. The summed E-state index contributed by atoms with van der Waals surface area (Å²) in [5.74, 6) is 0.545. The number of hydrogen-bond acceptors (Lipinski definition) is 5. The van der Waals surface area contributed by atoms with Crippen LogP contribution < -0.4 is 5.73 Å². The molecule has 0 aliphatic carbocycles. The van der Waals surface area contributed by atoms with Gasteiger partial charge in [0.05, 0.1) is 0 Å². The Morgan fingerprint density at radius 1 is 1.31 bits per heavy atom. The lowest BCUT2D eigenvalue weighted by Crippen LogP contribution is -1.87. The molecule has 0 atom stereocenters. The summed E-state index contributed by atoms with van der Waals surface area (Å²) in [7, 11) is 0. The first-order valence-corrected chi connectivity index (χ1v) is 5.33. The van der Waals surface area contributed by atoms with Gasteiger partial charge in [0.15, 0.2) is 4.34 Å². The van der Waals surface area contributed by atoms with Gasteiger partial charge in [-0.3, -0.25) is 0 Å². The largest absolute Gasteiger partial charge is 0.384 e. The minimum atomic E-state index is 0.545. The fourth-order valence-corrected chi connectivity index (χ4v) is 2.38. The number of hydrogen-bond donors (Lipinski definition) is 1. The standard InChI is InChI=1S/C8H7N3S2/c9-7-2-1-6(5-11-7)13-8-10-3-4-12-8/h1-5H,(H2,9,11). The minimum absolute atomic E-state index is 0.545. The Morgan fingerprint density at radius 2 is 2.23 bits per heavy atom. The maximum atomic E-state index is 5.47. The van der Waals surface area contributed by atoms with Crippen molar-refractivity contribution in [1.82, 2.24) is 9.97 Å². The molecule has 2 heterocycles. The first-order valence-electron chi connectivity index (χ1n) is 3.63. The zero-order valence-corrected chi connectivity index (χ0v) is 8.31. The van der Waals surface area contributed by atoms with Gasteiger partial charge in [0.25, 0.3) is 0 Å². The second kappa shape index (κ2) is 3.76. The van der Waals surface area contributed by atoms with Crippen LogP contribution in [0.5, 0.6) is 0 Å². The number of nitrogens with two attached hydrogens (primary N) is 1. The normalized spacial score (nSPS) is 10.2. The lowest BCUT2D eigenvalue weighted by atomic mass is 10.5. The summed E-state index contributed by atoms with van der Waals surface area (Å²) in [6, 6.07) is 3.73. The Morgan fingerprint density at radius 3 is 2.85 bits per heavy atom. The number of thiazole rings is 1. The van der Waals surface area contributed by atoms with Crippen molar-refractivity contribution in [3.05, 3.63) is 29.9 Å². The maximum absolute atomic E-state index is 5.47. The first kappa shape index (κ1) is 8.52. The van der Waals surface area contributed by atoms with E-state index in [2.05, 4.69) is 9.97 Å². The zero-order chi connectivity index (χ0) is 9.10. The summed E-state index contributed by atoms with van der Waals surface area (Å²) in [5.41, 5.74) is 5.47. The van der Waals surface area contributed by atoms with E-state index >= 15 is 0 Å². The Balaban J connectivity index is 2.15. The highest BCUT2D eigenvalue weighted by Gasteiger charge is 1.98. The molecule has 0 aliphatic heterocycles. The van der Waals surface area contributed by atoms with Crippen LogP contribution in [0.2, 0.25) is 0 Å². The predicted molar refractivity (Wildman–Crippen MR) is 54.9 cm³/mol. The van der Waals surface area contributed by atoms with E-state index in [0.29, 0.717) is 5.82 Å². The predicted octanol–water partition coefficient (Wildman–Crippen LogP) is 2.27. The molecule has 2 aromatic heterocycles. The zero-order valence-electron chi connectivity index (χ0n) is 6.68. The molecule has 2 rings (SSSR count). The molecule has 2 N–H and O–H groups in total. The van der Waals surface area contributed by atoms with Crippen LogP contribution in [-0.4, -0.2) is 9.97 Å². The molecular weight excluding hydrogens is 202 g/mol. The first-order chi connectivity index (χ1) is 6.34. The number of nitrogen functional groups attached to an aromatic ring is 1. The van der Waals surface area contributed by atoms with Crippen molar-refractivity contribution in [3.8, 4) is 0 Å². The second-order valence-corrected chi connectivity index (χ2v) is 4.53. The molecular formula is C8H7N3S2. The molecule has 66 valence electrons. The molecule has 0 bridgehead atoms. The van der Waals surface area contributed by atoms with Crippen molar-refractivity contribution in [2.45, 2.75) is 9.24 Å². The molecule has 2 aromatic rings. The monoisotopic (exact) mass is 209 g/mol. The van der Waals surface area contributed by atoms with Gasteiger partial charge in [0.2, 0.25) is 0 Å². The number of nitrogens with zero attached hydrogens (tertiary/aromatic N) is 2. The van der Waals surface area contributed by atoms with Crippen LogP contribution in [0.15, 0.2) is 39.1 Å². The average molecular weight is 209 g/mol. The topological polar surface area (TPSA) is 51.8 Å². The smallest absolute Gasteiger partial charge is 0.154 e. The Kier molecular flexibility index (Phi) is 2.47. The van der Waals surface area contributed by atoms with Crippen LogP contribution in [0, 0.1) is 0 Å². The van der Waals surface area contributed by atoms with Crippen LogP contribution >= 0.6 is 23.1 Å². The lowest BCUT2D eigenvalue weighted by Gasteiger charge is -1.96. The van der Waals surface area contributed by atoms with Crippen LogP contribution in [0.4, 0.5) is 5.82 Å². The summed E-state index contributed by atoms with van der Waals surface area (Å²) in [6.07, 6.45) is 3.54. The summed E-state index contributed by atoms with van der Waals surface area (Å²) in [5, 5.41) is 1.95. The molecule has 0 fully saturated rings. The van der Waals surface area contributed by atoms with Gasteiger partial charge in [-0.2, -0.15) is 0 Å². The van der Waals surface area contributed by atoms with E-state index in [1.54, 1.807) is 41.6 Å². The van der Waals surface area contributed by atoms with Gasteiger partial charge in [-0.15, -0.1) is 11.3 Å². The van der Waals surface area contributed by atoms with Gasteiger partial charge in [-0.25, -0.2) is 9.97 Å². The summed E-state index contributed by atoms with van der Waals surface area (Å²) < 4.78 is 1.02. The SMILES string of the molecule is Nc1ccc(Sc2nccs2)cn1. The maximum Gasteiger partial charge on any atom is 0.154 e. The molecule has 0 amide bonds. The number of pyridine rings is 1. The van der Waals surface area contributed by atoms with Crippen LogP contribution in [0.3, 0.4) is 0 Å². The lowest BCUT2D eigenvalue weighted by molar-refractivity contribution is 1.22. The van der Waals surface area contributed by atoms with Crippen LogP contribution in [-0.2, 0) is 0 Å². The van der Waals surface area contributed by atoms with Gasteiger partial charge >= 0.3 is 0 Å². The van der Waals surface area contributed by atoms with Gasteiger partial charge in [0.1, 0.15) is 5.82 Å². The Hall–Kier alpha value is -1.07. The molecule has 0 saturated heterocycles.